The summed E-state index contributed by atoms with van der Waals surface area (Å²) in [6.07, 6.45) is 2.28. The standard InChI is InChI=1S/C13H15NO3/c1-2-12(15)14-7-3-4-9-5-6-10(13(16)17)8-11(9)14/h5-6,8H,2-4,7H2,1H3,(H,16,17). The maximum atomic E-state index is 11.8. The predicted octanol–water partition coefficient (Wildman–Crippen LogP) is 2.07. The maximum absolute atomic E-state index is 11.8. The molecule has 0 saturated carbocycles. The van der Waals surface area contributed by atoms with Crippen LogP contribution in [0.4, 0.5) is 5.69 Å². The molecule has 1 N–H and O–H groups in total. The van der Waals surface area contributed by atoms with E-state index >= 15 is 0 Å². The van der Waals surface area contributed by atoms with Gasteiger partial charge in [-0.15, -0.1) is 0 Å². The fourth-order valence-electron chi connectivity index (χ4n) is 2.16. The van der Waals surface area contributed by atoms with E-state index in [1.807, 2.05) is 13.0 Å². The van der Waals surface area contributed by atoms with Gasteiger partial charge in [0.05, 0.1) is 5.56 Å². The molecule has 2 rings (SSSR count). The Morgan fingerprint density at radius 3 is 2.82 bits per heavy atom. The van der Waals surface area contributed by atoms with E-state index in [2.05, 4.69) is 0 Å². The summed E-state index contributed by atoms with van der Waals surface area (Å²) in [4.78, 5) is 24.4. The number of carboxylic acids is 1. The molecule has 17 heavy (non-hydrogen) atoms. The van der Waals surface area contributed by atoms with Crippen LogP contribution in [0.15, 0.2) is 18.2 Å². The first-order chi connectivity index (χ1) is 8.13. The first-order valence-electron chi connectivity index (χ1n) is 5.80. The van der Waals surface area contributed by atoms with Crippen LogP contribution in [0.2, 0.25) is 0 Å². The van der Waals surface area contributed by atoms with Crippen LogP contribution in [0.1, 0.15) is 35.7 Å². The molecular formula is C13H15NO3. The zero-order valence-corrected chi connectivity index (χ0v) is 9.77. The van der Waals surface area contributed by atoms with Crippen LogP contribution in [-0.2, 0) is 11.2 Å². The Kier molecular flexibility index (Phi) is 3.13. The lowest BCUT2D eigenvalue weighted by molar-refractivity contribution is -0.118. The van der Waals surface area contributed by atoms with Gasteiger partial charge in [-0.25, -0.2) is 4.79 Å². The number of aromatic carboxylic acids is 1. The summed E-state index contributed by atoms with van der Waals surface area (Å²) in [5.74, 6) is -0.907. The summed E-state index contributed by atoms with van der Waals surface area (Å²) in [6.45, 7) is 2.50. The molecule has 0 saturated heterocycles. The fourth-order valence-corrected chi connectivity index (χ4v) is 2.16. The number of nitrogens with zero attached hydrogens (tertiary/aromatic N) is 1. The van der Waals surface area contributed by atoms with E-state index in [4.69, 9.17) is 5.11 Å². The highest BCUT2D eigenvalue weighted by Crippen LogP contribution is 2.28. The van der Waals surface area contributed by atoms with Crippen molar-refractivity contribution in [2.45, 2.75) is 26.2 Å². The van der Waals surface area contributed by atoms with Crippen molar-refractivity contribution in [1.29, 1.82) is 0 Å². The number of fused-ring (bicyclic) bond motifs is 1. The van der Waals surface area contributed by atoms with Gasteiger partial charge in [0.15, 0.2) is 0 Å². The number of aryl methyl sites for hydroxylation is 1. The minimum Gasteiger partial charge on any atom is -0.478 e. The van der Waals surface area contributed by atoms with Crippen LogP contribution >= 0.6 is 0 Å². The average Bonchev–Trinajstić information content (AvgIpc) is 2.36. The second-order valence-electron chi connectivity index (χ2n) is 4.15. The number of carbonyl (C=O) groups is 2. The highest BCUT2D eigenvalue weighted by Gasteiger charge is 2.22. The van der Waals surface area contributed by atoms with E-state index in [9.17, 15) is 9.59 Å². The van der Waals surface area contributed by atoms with Gasteiger partial charge < -0.3 is 10.0 Å². The molecule has 1 aromatic rings. The van der Waals surface area contributed by atoms with Gasteiger partial charge in [-0.05, 0) is 30.5 Å². The van der Waals surface area contributed by atoms with E-state index in [0.29, 0.717) is 13.0 Å². The smallest absolute Gasteiger partial charge is 0.335 e. The SMILES string of the molecule is CCC(=O)N1CCCc2ccc(C(=O)O)cc21. The van der Waals surface area contributed by atoms with Gasteiger partial charge in [0.2, 0.25) is 5.91 Å². The second-order valence-corrected chi connectivity index (χ2v) is 4.15. The Morgan fingerprint density at radius 1 is 1.41 bits per heavy atom. The van der Waals surface area contributed by atoms with E-state index in [-0.39, 0.29) is 11.5 Å². The zero-order chi connectivity index (χ0) is 12.4. The molecule has 1 aliphatic rings. The highest BCUT2D eigenvalue weighted by atomic mass is 16.4. The summed E-state index contributed by atoms with van der Waals surface area (Å²) in [6, 6.07) is 5.01. The summed E-state index contributed by atoms with van der Waals surface area (Å²) >= 11 is 0. The van der Waals surface area contributed by atoms with Crippen molar-refractivity contribution in [2.75, 3.05) is 11.4 Å². The molecule has 0 fully saturated rings. The van der Waals surface area contributed by atoms with Crippen molar-refractivity contribution in [3.05, 3.63) is 29.3 Å². The number of benzene rings is 1. The Balaban J connectivity index is 2.44. The summed E-state index contributed by atoms with van der Waals surface area (Å²) in [5.41, 5.74) is 2.06. The molecule has 1 aromatic carbocycles. The number of hydrogen-bond acceptors (Lipinski definition) is 2. The van der Waals surface area contributed by atoms with Gasteiger partial charge >= 0.3 is 5.97 Å². The normalized spacial score (nSPS) is 14.3. The van der Waals surface area contributed by atoms with Crippen LogP contribution in [-0.4, -0.2) is 23.5 Å². The van der Waals surface area contributed by atoms with Crippen molar-refractivity contribution in [1.82, 2.24) is 0 Å². The van der Waals surface area contributed by atoms with Gasteiger partial charge in [0.25, 0.3) is 0 Å². The quantitative estimate of drug-likeness (QED) is 0.850. The lowest BCUT2D eigenvalue weighted by Crippen LogP contribution is -2.35. The highest BCUT2D eigenvalue weighted by molar-refractivity contribution is 5.96. The third kappa shape index (κ3) is 2.16. The molecule has 0 atom stereocenters. The Hall–Kier alpha value is -1.84. The van der Waals surface area contributed by atoms with E-state index < -0.39 is 5.97 Å². The van der Waals surface area contributed by atoms with Crippen LogP contribution < -0.4 is 4.90 Å². The second kappa shape index (κ2) is 4.57. The molecule has 4 nitrogen and oxygen atoms in total. The first kappa shape index (κ1) is 11.6. The fraction of sp³-hybridized carbons (Fsp3) is 0.385. The van der Waals surface area contributed by atoms with Crippen LogP contribution in [0.5, 0.6) is 0 Å². The van der Waals surface area contributed by atoms with E-state index in [1.54, 1.807) is 17.0 Å². The number of rotatable bonds is 2. The minimum atomic E-state index is -0.956. The van der Waals surface area contributed by atoms with Gasteiger partial charge in [0, 0.05) is 18.7 Å². The lowest BCUT2D eigenvalue weighted by Gasteiger charge is -2.29. The van der Waals surface area contributed by atoms with Crippen molar-refractivity contribution >= 4 is 17.6 Å². The largest absolute Gasteiger partial charge is 0.478 e. The third-order valence-corrected chi connectivity index (χ3v) is 3.05. The topological polar surface area (TPSA) is 57.6 Å². The van der Waals surface area contributed by atoms with Gasteiger partial charge in [0.1, 0.15) is 0 Å². The molecule has 1 aliphatic heterocycles. The number of amides is 1. The lowest BCUT2D eigenvalue weighted by atomic mass is 9.99. The average molecular weight is 233 g/mol. The predicted molar refractivity (Wildman–Crippen MR) is 64.4 cm³/mol. The molecule has 0 spiro atoms. The third-order valence-electron chi connectivity index (χ3n) is 3.05. The van der Waals surface area contributed by atoms with Gasteiger partial charge in [-0.3, -0.25) is 4.79 Å². The van der Waals surface area contributed by atoms with Crippen molar-refractivity contribution < 1.29 is 14.7 Å². The summed E-state index contributed by atoms with van der Waals surface area (Å²) in [5, 5.41) is 8.97. The number of carboxylic acid groups (broad SMARTS) is 1. The maximum Gasteiger partial charge on any atom is 0.335 e. The Bertz CT molecular complexity index is 468. The molecule has 0 radical (unpaired) electrons. The molecule has 1 heterocycles. The first-order valence-corrected chi connectivity index (χ1v) is 5.80. The number of anilines is 1. The summed E-state index contributed by atoms with van der Waals surface area (Å²) < 4.78 is 0. The van der Waals surface area contributed by atoms with Crippen molar-refractivity contribution in [3.8, 4) is 0 Å². The van der Waals surface area contributed by atoms with Crippen molar-refractivity contribution in [3.63, 3.8) is 0 Å². The zero-order valence-electron chi connectivity index (χ0n) is 9.77. The van der Waals surface area contributed by atoms with Crippen LogP contribution in [0, 0.1) is 0 Å². The Labute approximate surface area is 99.9 Å². The minimum absolute atomic E-state index is 0.0495. The van der Waals surface area contributed by atoms with Gasteiger partial charge in [-0.1, -0.05) is 13.0 Å². The van der Waals surface area contributed by atoms with Crippen LogP contribution in [0.3, 0.4) is 0 Å². The van der Waals surface area contributed by atoms with E-state index in [1.165, 1.54) is 0 Å². The number of carbonyl (C=O) groups excluding carboxylic acids is 1. The molecule has 0 aromatic heterocycles. The number of hydrogen-bond donors (Lipinski definition) is 1. The van der Waals surface area contributed by atoms with Crippen LogP contribution in [0.25, 0.3) is 0 Å². The molecule has 0 unspecified atom stereocenters. The molecule has 1 amide bonds. The summed E-state index contributed by atoms with van der Waals surface area (Å²) in [7, 11) is 0. The molecule has 90 valence electrons. The van der Waals surface area contributed by atoms with Gasteiger partial charge in [-0.2, -0.15) is 0 Å². The van der Waals surface area contributed by atoms with E-state index in [0.717, 1.165) is 24.1 Å². The molecular weight excluding hydrogens is 218 g/mol. The van der Waals surface area contributed by atoms with Crippen molar-refractivity contribution in [2.24, 2.45) is 0 Å². The Morgan fingerprint density at radius 2 is 2.18 bits per heavy atom. The monoisotopic (exact) mass is 233 g/mol. The molecule has 0 bridgehead atoms. The molecule has 4 heteroatoms. The molecule has 0 aliphatic carbocycles.